The van der Waals surface area contributed by atoms with E-state index in [0.29, 0.717) is 22.8 Å². The first kappa shape index (κ1) is 16.1. The highest BCUT2D eigenvalue weighted by atomic mass is 32.1. The molecule has 9 heteroatoms. The molecule has 0 unspecified atom stereocenters. The van der Waals surface area contributed by atoms with Crippen LogP contribution in [0.25, 0.3) is 0 Å². The van der Waals surface area contributed by atoms with Gasteiger partial charge < -0.3 is 14.8 Å². The first-order chi connectivity index (χ1) is 10.4. The van der Waals surface area contributed by atoms with Gasteiger partial charge in [-0.05, 0) is 12.1 Å². The van der Waals surface area contributed by atoms with Crippen molar-refractivity contribution in [2.75, 3.05) is 19.5 Å². The van der Waals surface area contributed by atoms with E-state index in [2.05, 4.69) is 10.3 Å². The Labute approximate surface area is 127 Å². The number of thiazole rings is 1. The van der Waals surface area contributed by atoms with Crippen molar-refractivity contribution in [2.45, 2.75) is 6.18 Å². The molecule has 0 fully saturated rings. The van der Waals surface area contributed by atoms with Crippen molar-refractivity contribution in [3.63, 3.8) is 0 Å². The Bertz CT molecular complexity index is 685. The van der Waals surface area contributed by atoms with Crippen molar-refractivity contribution in [3.8, 4) is 11.5 Å². The zero-order valence-corrected chi connectivity index (χ0v) is 12.3. The summed E-state index contributed by atoms with van der Waals surface area (Å²) in [7, 11) is 2.81. The van der Waals surface area contributed by atoms with Gasteiger partial charge in [0.1, 0.15) is 16.4 Å². The lowest BCUT2D eigenvalue weighted by molar-refractivity contribution is -0.141. The molecule has 0 aliphatic carbocycles. The number of anilines is 1. The highest BCUT2D eigenvalue weighted by Gasteiger charge is 2.38. The summed E-state index contributed by atoms with van der Waals surface area (Å²) in [6.07, 6.45) is -4.69. The van der Waals surface area contributed by atoms with E-state index < -0.39 is 22.7 Å². The van der Waals surface area contributed by atoms with Crippen LogP contribution in [0.2, 0.25) is 0 Å². The molecule has 0 bridgehead atoms. The lowest BCUT2D eigenvalue weighted by atomic mass is 10.2. The van der Waals surface area contributed by atoms with Gasteiger partial charge in [-0.25, -0.2) is 4.98 Å². The molecule has 0 aliphatic heterocycles. The summed E-state index contributed by atoms with van der Waals surface area (Å²) in [5.74, 6) is -0.190. The summed E-state index contributed by atoms with van der Waals surface area (Å²) in [6, 6.07) is 4.58. The highest BCUT2D eigenvalue weighted by Crippen LogP contribution is 2.34. The normalized spacial score (nSPS) is 11.1. The average molecular weight is 332 g/mol. The van der Waals surface area contributed by atoms with Gasteiger partial charge in [0.2, 0.25) is 0 Å². The molecule has 0 aliphatic rings. The smallest absolute Gasteiger partial charge is 0.434 e. The number of benzene rings is 1. The topological polar surface area (TPSA) is 60.5 Å². The molecule has 1 amide bonds. The van der Waals surface area contributed by atoms with E-state index in [1.54, 1.807) is 6.07 Å². The Morgan fingerprint density at radius 1 is 1.27 bits per heavy atom. The number of carbonyl (C=O) groups is 1. The standard InChI is InChI=1S/C13H11F3N2O3S/c1-20-7-3-4-9(21-2)8(5-7)18-12(19)10-11(13(14,15)16)17-6-22-10/h3-6H,1-2H3,(H,18,19). The fourth-order valence-electron chi connectivity index (χ4n) is 1.70. The fraction of sp³-hybridized carbons (Fsp3) is 0.231. The maximum atomic E-state index is 12.8. The van der Waals surface area contributed by atoms with Gasteiger partial charge in [-0.1, -0.05) is 0 Å². The Morgan fingerprint density at radius 2 is 2.00 bits per heavy atom. The highest BCUT2D eigenvalue weighted by molar-refractivity contribution is 7.12. The number of ether oxygens (including phenoxy) is 2. The molecule has 1 aromatic carbocycles. The third kappa shape index (κ3) is 3.30. The maximum Gasteiger partial charge on any atom is 0.434 e. The SMILES string of the molecule is COc1ccc(OC)c(NC(=O)c2scnc2C(F)(F)F)c1. The molecule has 5 nitrogen and oxygen atoms in total. The van der Waals surface area contributed by atoms with Crippen LogP contribution >= 0.6 is 11.3 Å². The molecule has 0 spiro atoms. The van der Waals surface area contributed by atoms with E-state index in [0.717, 1.165) is 5.51 Å². The Morgan fingerprint density at radius 3 is 2.59 bits per heavy atom. The van der Waals surface area contributed by atoms with Crippen LogP contribution in [0.3, 0.4) is 0 Å². The maximum absolute atomic E-state index is 12.8. The molecule has 1 N–H and O–H groups in total. The van der Waals surface area contributed by atoms with Gasteiger partial charge in [-0.15, -0.1) is 11.3 Å². The number of carbonyl (C=O) groups excluding carboxylic acids is 1. The molecule has 2 rings (SSSR count). The number of hydrogen-bond acceptors (Lipinski definition) is 5. The molecule has 2 aromatic rings. The van der Waals surface area contributed by atoms with Gasteiger partial charge in [0.05, 0.1) is 25.4 Å². The number of methoxy groups -OCH3 is 2. The van der Waals surface area contributed by atoms with E-state index >= 15 is 0 Å². The van der Waals surface area contributed by atoms with Gasteiger partial charge in [-0.3, -0.25) is 4.79 Å². The minimum atomic E-state index is -4.69. The molecule has 22 heavy (non-hydrogen) atoms. The van der Waals surface area contributed by atoms with Crippen molar-refractivity contribution in [1.82, 2.24) is 4.98 Å². The predicted molar refractivity (Wildman–Crippen MR) is 74.6 cm³/mol. The third-order valence-electron chi connectivity index (χ3n) is 2.70. The van der Waals surface area contributed by atoms with Crippen molar-refractivity contribution < 1.29 is 27.4 Å². The molecular weight excluding hydrogens is 321 g/mol. The number of hydrogen-bond donors (Lipinski definition) is 1. The summed E-state index contributed by atoms with van der Waals surface area (Å²) < 4.78 is 48.4. The third-order valence-corrected chi connectivity index (χ3v) is 3.52. The van der Waals surface area contributed by atoms with Gasteiger partial charge in [0.15, 0.2) is 5.69 Å². The number of nitrogens with zero attached hydrogens (tertiary/aromatic N) is 1. The zero-order valence-electron chi connectivity index (χ0n) is 11.5. The summed E-state index contributed by atoms with van der Waals surface area (Å²) in [4.78, 5) is 14.8. The lowest BCUT2D eigenvalue weighted by Crippen LogP contribution is -2.17. The zero-order chi connectivity index (χ0) is 16.3. The monoisotopic (exact) mass is 332 g/mol. The largest absolute Gasteiger partial charge is 0.497 e. The number of rotatable bonds is 4. The Balaban J connectivity index is 2.32. The van der Waals surface area contributed by atoms with Crippen LogP contribution in [0.5, 0.6) is 11.5 Å². The van der Waals surface area contributed by atoms with E-state index in [9.17, 15) is 18.0 Å². The van der Waals surface area contributed by atoms with E-state index in [4.69, 9.17) is 9.47 Å². The lowest BCUT2D eigenvalue weighted by Gasteiger charge is -2.12. The summed E-state index contributed by atoms with van der Waals surface area (Å²) in [5.41, 5.74) is -0.0363. The van der Waals surface area contributed by atoms with Crippen LogP contribution in [0.15, 0.2) is 23.7 Å². The van der Waals surface area contributed by atoms with Crippen molar-refractivity contribution in [2.24, 2.45) is 0 Å². The molecule has 1 aromatic heterocycles. The van der Waals surface area contributed by atoms with Crippen LogP contribution < -0.4 is 14.8 Å². The summed E-state index contributed by atoms with van der Waals surface area (Å²) in [6.45, 7) is 0. The Hall–Kier alpha value is -2.29. The van der Waals surface area contributed by atoms with E-state index in [-0.39, 0.29) is 5.69 Å². The minimum absolute atomic E-state index is 0.202. The number of nitrogens with one attached hydrogen (secondary N) is 1. The first-order valence-electron chi connectivity index (χ1n) is 5.91. The molecule has 0 saturated heterocycles. The molecule has 0 radical (unpaired) electrons. The molecule has 0 saturated carbocycles. The van der Waals surface area contributed by atoms with Crippen LogP contribution in [0, 0.1) is 0 Å². The number of amides is 1. The minimum Gasteiger partial charge on any atom is -0.497 e. The van der Waals surface area contributed by atoms with Crippen molar-refractivity contribution >= 4 is 22.9 Å². The number of alkyl halides is 3. The van der Waals surface area contributed by atoms with Gasteiger partial charge in [-0.2, -0.15) is 13.2 Å². The van der Waals surface area contributed by atoms with Crippen molar-refractivity contribution in [1.29, 1.82) is 0 Å². The predicted octanol–water partition coefficient (Wildman–Crippen LogP) is 3.43. The fourth-order valence-corrected chi connectivity index (χ4v) is 2.40. The quantitative estimate of drug-likeness (QED) is 0.932. The second-order valence-corrected chi connectivity index (χ2v) is 4.90. The summed E-state index contributed by atoms with van der Waals surface area (Å²) >= 11 is 0.612. The van der Waals surface area contributed by atoms with Gasteiger partial charge in [0, 0.05) is 6.07 Å². The van der Waals surface area contributed by atoms with Crippen molar-refractivity contribution in [3.05, 3.63) is 34.3 Å². The van der Waals surface area contributed by atoms with Crippen LogP contribution in [0.4, 0.5) is 18.9 Å². The van der Waals surface area contributed by atoms with Gasteiger partial charge in [0.25, 0.3) is 5.91 Å². The molecule has 1 heterocycles. The van der Waals surface area contributed by atoms with Crippen LogP contribution in [-0.2, 0) is 6.18 Å². The number of aromatic nitrogens is 1. The Kier molecular flexibility index (Phi) is 4.55. The molecule has 0 atom stereocenters. The second kappa shape index (κ2) is 6.22. The average Bonchev–Trinajstić information content (AvgIpc) is 2.96. The molecule has 118 valence electrons. The first-order valence-corrected chi connectivity index (χ1v) is 6.79. The van der Waals surface area contributed by atoms with Crippen LogP contribution in [-0.4, -0.2) is 25.1 Å². The van der Waals surface area contributed by atoms with Crippen LogP contribution in [0.1, 0.15) is 15.4 Å². The second-order valence-electron chi connectivity index (χ2n) is 4.05. The van der Waals surface area contributed by atoms with E-state index in [1.165, 1.54) is 26.4 Å². The molecular formula is C13H11F3N2O3S. The summed E-state index contributed by atoms with van der Waals surface area (Å²) in [5, 5.41) is 2.38. The van der Waals surface area contributed by atoms with E-state index in [1.807, 2.05) is 0 Å². The number of halogens is 3. The van der Waals surface area contributed by atoms with Gasteiger partial charge >= 0.3 is 6.18 Å².